The van der Waals surface area contributed by atoms with Crippen molar-refractivity contribution in [2.24, 2.45) is 0 Å². The van der Waals surface area contributed by atoms with Crippen molar-refractivity contribution in [1.29, 1.82) is 0 Å². The minimum atomic E-state index is -1.20. The van der Waals surface area contributed by atoms with Crippen LogP contribution in [0.1, 0.15) is 11.3 Å². The van der Waals surface area contributed by atoms with Gasteiger partial charge < -0.3 is 0 Å². The zero-order valence-corrected chi connectivity index (χ0v) is 13.1. The summed E-state index contributed by atoms with van der Waals surface area (Å²) in [4.78, 5) is 4.46. The maximum Gasteiger partial charge on any atom is 0.135 e. The summed E-state index contributed by atoms with van der Waals surface area (Å²) in [6.45, 7) is 1.85. The normalized spacial score (nSPS) is 12.5. The molecule has 0 aliphatic rings. The van der Waals surface area contributed by atoms with Crippen LogP contribution in [0.4, 0.5) is 0 Å². The Balaban J connectivity index is 2.08. The van der Waals surface area contributed by atoms with Crippen LogP contribution < -0.4 is 0 Å². The van der Waals surface area contributed by atoms with Gasteiger partial charge in [-0.3, -0.25) is 4.21 Å². The highest BCUT2D eigenvalue weighted by molar-refractivity contribution is 7.84. The minimum absolute atomic E-state index is 0.457. The average molecular weight is 316 g/mol. The van der Waals surface area contributed by atoms with Gasteiger partial charge in [0.25, 0.3) is 0 Å². The molecule has 0 aliphatic carbocycles. The number of hydrogen-bond acceptors (Lipinski definition) is 2. The fourth-order valence-corrected chi connectivity index (χ4v) is 3.79. The molecule has 0 N–H and O–H groups in total. The Bertz CT molecular complexity index is 818. The standard InChI is InChI=1S/C17H14ClNOS/c1-12-16(18)14-9-5-6-10-15(14)17(19-12)21(20)11-13-7-3-2-4-8-13/h2-10H,11H2,1H3. The molecule has 0 saturated heterocycles. The smallest absolute Gasteiger partial charge is 0.135 e. The van der Waals surface area contributed by atoms with Crippen molar-refractivity contribution in [2.75, 3.05) is 0 Å². The van der Waals surface area contributed by atoms with E-state index in [2.05, 4.69) is 4.98 Å². The second-order valence-corrected chi connectivity index (χ2v) is 6.58. The molecule has 0 bridgehead atoms. The summed E-state index contributed by atoms with van der Waals surface area (Å²) in [5.74, 6) is 0.457. The third-order valence-corrected chi connectivity index (χ3v) is 5.15. The molecular weight excluding hydrogens is 302 g/mol. The van der Waals surface area contributed by atoms with E-state index in [-0.39, 0.29) is 0 Å². The van der Waals surface area contributed by atoms with Gasteiger partial charge in [0.05, 0.1) is 27.3 Å². The van der Waals surface area contributed by atoms with E-state index >= 15 is 0 Å². The fourth-order valence-electron chi connectivity index (χ4n) is 2.29. The molecule has 1 heterocycles. The summed E-state index contributed by atoms with van der Waals surface area (Å²) in [7, 11) is -1.20. The maximum absolute atomic E-state index is 12.7. The van der Waals surface area contributed by atoms with Crippen molar-refractivity contribution in [2.45, 2.75) is 17.7 Å². The summed E-state index contributed by atoms with van der Waals surface area (Å²) < 4.78 is 12.7. The zero-order valence-electron chi connectivity index (χ0n) is 11.5. The number of nitrogens with zero attached hydrogens (tertiary/aromatic N) is 1. The van der Waals surface area contributed by atoms with Gasteiger partial charge in [-0.1, -0.05) is 66.2 Å². The van der Waals surface area contributed by atoms with Crippen molar-refractivity contribution in [3.05, 3.63) is 70.9 Å². The van der Waals surface area contributed by atoms with E-state index in [0.717, 1.165) is 16.3 Å². The van der Waals surface area contributed by atoms with Crippen LogP contribution in [0.3, 0.4) is 0 Å². The van der Waals surface area contributed by atoms with Gasteiger partial charge in [-0.2, -0.15) is 0 Å². The molecule has 1 aromatic heterocycles. The number of halogens is 1. The average Bonchev–Trinajstić information content (AvgIpc) is 2.52. The molecule has 2 aromatic carbocycles. The molecule has 21 heavy (non-hydrogen) atoms. The Morgan fingerprint density at radius 3 is 2.33 bits per heavy atom. The SMILES string of the molecule is Cc1nc(S(=O)Cc2ccccc2)c2ccccc2c1Cl. The second-order valence-electron chi connectivity index (χ2n) is 4.84. The minimum Gasteiger partial charge on any atom is -0.252 e. The number of rotatable bonds is 3. The Hall–Kier alpha value is -1.71. The summed E-state index contributed by atoms with van der Waals surface area (Å²) in [5.41, 5.74) is 1.75. The Morgan fingerprint density at radius 1 is 1.00 bits per heavy atom. The second kappa shape index (κ2) is 5.96. The van der Waals surface area contributed by atoms with Crippen LogP contribution in [0.25, 0.3) is 10.8 Å². The number of aryl methyl sites for hydroxylation is 1. The van der Waals surface area contributed by atoms with Crippen LogP contribution in [0.5, 0.6) is 0 Å². The molecule has 3 aromatic rings. The molecule has 106 valence electrons. The van der Waals surface area contributed by atoms with E-state index in [9.17, 15) is 4.21 Å². The third-order valence-electron chi connectivity index (χ3n) is 3.34. The van der Waals surface area contributed by atoms with Crippen LogP contribution in [0.2, 0.25) is 5.02 Å². The molecule has 0 saturated carbocycles. The fraction of sp³-hybridized carbons (Fsp3) is 0.118. The number of aromatic nitrogens is 1. The Morgan fingerprint density at radius 2 is 1.62 bits per heavy atom. The molecule has 0 amide bonds. The first-order valence-electron chi connectivity index (χ1n) is 6.64. The van der Waals surface area contributed by atoms with Crippen molar-refractivity contribution in [1.82, 2.24) is 4.98 Å². The summed E-state index contributed by atoms with van der Waals surface area (Å²) in [6, 6.07) is 17.5. The molecule has 1 atom stereocenters. The highest BCUT2D eigenvalue weighted by atomic mass is 35.5. The van der Waals surface area contributed by atoms with Crippen molar-refractivity contribution in [3.63, 3.8) is 0 Å². The van der Waals surface area contributed by atoms with Crippen molar-refractivity contribution < 1.29 is 4.21 Å². The highest BCUT2D eigenvalue weighted by Gasteiger charge is 2.15. The first-order chi connectivity index (χ1) is 10.2. The van der Waals surface area contributed by atoms with E-state index in [1.54, 1.807) is 0 Å². The van der Waals surface area contributed by atoms with E-state index in [4.69, 9.17) is 11.6 Å². The summed E-state index contributed by atoms with van der Waals surface area (Å²) in [5, 5.41) is 3.01. The number of benzene rings is 2. The molecule has 0 fully saturated rings. The largest absolute Gasteiger partial charge is 0.252 e. The first kappa shape index (κ1) is 14.2. The molecule has 3 rings (SSSR count). The Kier molecular flexibility index (Phi) is 4.04. The molecule has 2 nitrogen and oxygen atoms in total. The predicted molar refractivity (Wildman–Crippen MR) is 88.0 cm³/mol. The molecular formula is C17H14ClNOS. The van der Waals surface area contributed by atoms with Gasteiger partial charge in [0.1, 0.15) is 5.03 Å². The Labute approximate surface area is 131 Å². The molecule has 4 heteroatoms. The third kappa shape index (κ3) is 2.85. The number of pyridine rings is 1. The quantitative estimate of drug-likeness (QED) is 0.712. The van der Waals surface area contributed by atoms with Crippen LogP contribution >= 0.6 is 11.6 Å². The lowest BCUT2D eigenvalue weighted by Crippen LogP contribution is -2.02. The molecule has 0 radical (unpaired) electrons. The molecule has 0 spiro atoms. The van der Waals surface area contributed by atoms with Gasteiger partial charge in [0.2, 0.25) is 0 Å². The number of fused-ring (bicyclic) bond motifs is 1. The van der Waals surface area contributed by atoms with E-state index < -0.39 is 10.8 Å². The first-order valence-corrected chi connectivity index (χ1v) is 8.33. The van der Waals surface area contributed by atoms with Gasteiger partial charge >= 0.3 is 0 Å². The van der Waals surface area contributed by atoms with Crippen LogP contribution in [-0.4, -0.2) is 9.19 Å². The van der Waals surface area contributed by atoms with Crippen molar-refractivity contribution >= 4 is 33.2 Å². The van der Waals surface area contributed by atoms with E-state index in [0.29, 0.717) is 21.5 Å². The number of hydrogen-bond donors (Lipinski definition) is 0. The van der Waals surface area contributed by atoms with Crippen molar-refractivity contribution in [3.8, 4) is 0 Å². The maximum atomic E-state index is 12.7. The van der Waals surface area contributed by atoms with Gasteiger partial charge in [0, 0.05) is 10.8 Å². The summed E-state index contributed by atoms with van der Waals surface area (Å²) >= 11 is 6.30. The van der Waals surface area contributed by atoms with E-state index in [1.807, 2.05) is 61.5 Å². The molecule has 0 aliphatic heterocycles. The van der Waals surface area contributed by atoms with Gasteiger partial charge in [-0.25, -0.2) is 4.98 Å². The summed E-state index contributed by atoms with van der Waals surface area (Å²) in [6.07, 6.45) is 0. The lowest BCUT2D eigenvalue weighted by Gasteiger charge is -2.09. The van der Waals surface area contributed by atoms with Crippen LogP contribution in [0, 0.1) is 6.92 Å². The van der Waals surface area contributed by atoms with Gasteiger partial charge in [-0.15, -0.1) is 0 Å². The monoisotopic (exact) mass is 315 g/mol. The highest BCUT2D eigenvalue weighted by Crippen LogP contribution is 2.29. The molecule has 1 unspecified atom stereocenters. The van der Waals surface area contributed by atoms with Gasteiger partial charge in [-0.05, 0) is 12.5 Å². The lowest BCUT2D eigenvalue weighted by atomic mass is 10.1. The zero-order chi connectivity index (χ0) is 14.8. The lowest BCUT2D eigenvalue weighted by molar-refractivity contribution is 0.680. The van der Waals surface area contributed by atoms with Crippen LogP contribution in [0.15, 0.2) is 59.6 Å². The topological polar surface area (TPSA) is 30.0 Å². The van der Waals surface area contributed by atoms with Gasteiger partial charge in [0.15, 0.2) is 0 Å². The predicted octanol–water partition coefficient (Wildman–Crippen LogP) is 4.50. The van der Waals surface area contributed by atoms with Crippen LogP contribution in [-0.2, 0) is 16.6 Å². The van der Waals surface area contributed by atoms with E-state index in [1.165, 1.54) is 0 Å².